The summed E-state index contributed by atoms with van der Waals surface area (Å²) in [6, 6.07) is 0. The molecule has 0 aromatic heterocycles. The molecule has 3 nitrogen and oxygen atoms in total. The Morgan fingerprint density at radius 1 is 1.47 bits per heavy atom. The summed E-state index contributed by atoms with van der Waals surface area (Å²) in [6.07, 6.45) is 3.31. The van der Waals surface area contributed by atoms with E-state index in [4.69, 9.17) is 4.74 Å². The molecule has 15 heavy (non-hydrogen) atoms. The van der Waals surface area contributed by atoms with Crippen LogP contribution in [0.2, 0.25) is 0 Å². The number of aliphatic hydroxyl groups is 1. The Morgan fingerprint density at radius 3 is 2.53 bits per heavy atom. The molecule has 0 heterocycles. The second kappa shape index (κ2) is 3.21. The zero-order valence-corrected chi connectivity index (χ0v) is 9.75. The predicted molar refractivity (Wildman–Crippen MR) is 56.2 cm³/mol. The minimum atomic E-state index is -0.517. The van der Waals surface area contributed by atoms with Crippen LogP contribution in [0.1, 0.15) is 46.5 Å². The summed E-state index contributed by atoms with van der Waals surface area (Å²) in [4.78, 5) is 11.6. The lowest BCUT2D eigenvalue weighted by Gasteiger charge is -2.22. The highest BCUT2D eigenvalue weighted by Crippen LogP contribution is 2.60. The zero-order valence-electron chi connectivity index (χ0n) is 9.75. The average Bonchev–Trinajstić information content (AvgIpc) is 2.60. The third kappa shape index (κ3) is 2.17. The molecule has 0 bridgehead atoms. The van der Waals surface area contributed by atoms with E-state index in [2.05, 4.69) is 0 Å². The van der Waals surface area contributed by atoms with E-state index in [0.29, 0.717) is 12.3 Å². The van der Waals surface area contributed by atoms with Gasteiger partial charge in [0.25, 0.3) is 0 Å². The summed E-state index contributed by atoms with van der Waals surface area (Å²) in [7, 11) is 0. The van der Waals surface area contributed by atoms with Crippen molar-refractivity contribution >= 4 is 5.97 Å². The maximum atomic E-state index is 11.6. The van der Waals surface area contributed by atoms with E-state index >= 15 is 0 Å². The van der Waals surface area contributed by atoms with Gasteiger partial charge in [-0.2, -0.15) is 0 Å². The highest BCUT2D eigenvalue weighted by atomic mass is 16.6. The first-order valence-corrected chi connectivity index (χ1v) is 5.75. The summed E-state index contributed by atoms with van der Waals surface area (Å²) in [5, 5.41) is 10.1. The first kappa shape index (κ1) is 10.9. The lowest BCUT2D eigenvalue weighted by Crippen LogP contribution is -2.28. The second-order valence-corrected chi connectivity index (χ2v) is 5.96. The van der Waals surface area contributed by atoms with E-state index in [1.54, 1.807) is 0 Å². The Balaban J connectivity index is 1.85. The molecule has 86 valence electrons. The van der Waals surface area contributed by atoms with Crippen LogP contribution in [0.5, 0.6) is 0 Å². The number of ether oxygens (including phenoxy) is 1. The summed E-state index contributed by atoms with van der Waals surface area (Å²) in [5.74, 6) is 0.427. The van der Waals surface area contributed by atoms with Gasteiger partial charge in [0.15, 0.2) is 0 Å². The van der Waals surface area contributed by atoms with E-state index in [9.17, 15) is 9.90 Å². The van der Waals surface area contributed by atoms with Gasteiger partial charge in [-0.25, -0.2) is 0 Å². The molecule has 1 N–H and O–H groups in total. The number of rotatable bonds is 2. The maximum Gasteiger partial charge on any atom is 0.306 e. The lowest BCUT2D eigenvalue weighted by molar-refractivity contribution is -0.157. The van der Waals surface area contributed by atoms with Gasteiger partial charge < -0.3 is 9.84 Å². The highest BCUT2D eigenvalue weighted by molar-refractivity contribution is 5.70. The van der Waals surface area contributed by atoms with Gasteiger partial charge in [-0.1, -0.05) is 0 Å². The Bertz CT molecular complexity index is 277. The van der Waals surface area contributed by atoms with E-state index in [1.165, 1.54) is 0 Å². The SMILES string of the molecule is CC(C)(C)OC(=O)C[C@@H]1CCC2C[C@@]21O. The number of hydrogen-bond acceptors (Lipinski definition) is 3. The molecule has 1 unspecified atom stereocenters. The molecule has 2 rings (SSSR count). The molecule has 2 fully saturated rings. The average molecular weight is 212 g/mol. The van der Waals surface area contributed by atoms with Crippen LogP contribution in [-0.2, 0) is 9.53 Å². The van der Waals surface area contributed by atoms with Crippen LogP contribution in [0, 0.1) is 11.8 Å². The standard InChI is InChI=1S/C12H20O3/c1-11(2,3)15-10(13)6-8-4-5-9-7-12(8,9)14/h8-9,14H,4-7H2,1-3H3/t8-,9?,12-/m0/s1. The van der Waals surface area contributed by atoms with Crippen LogP contribution in [0.25, 0.3) is 0 Å². The minimum Gasteiger partial charge on any atom is -0.460 e. The van der Waals surface area contributed by atoms with Gasteiger partial charge in [0, 0.05) is 0 Å². The Labute approximate surface area is 90.8 Å². The Kier molecular flexibility index (Phi) is 2.34. The molecule has 0 aromatic rings. The molecular weight excluding hydrogens is 192 g/mol. The van der Waals surface area contributed by atoms with Crippen molar-refractivity contribution in [1.82, 2.24) is 0 Å². The number of fused-ring (bicyclic) bond motifs is 1. The van der Waals surface area contributed by atoms with Crippen LogP contribution in [-0.4, -0.2) is 22.3 Å². The highest BCUT2D eigenvalue weighted by Gasteiger charge is 2.62. The smallest absolute Gasteiger partial charge is 0.306 e. The van der Waals surface area contributed by atoms with Crippen molar-refractivity contribution in [1.29, 1.82) is 0 Å². The summed E-state index contributed by atoms with van der Waals surface area (Å²) >= 11 is 0. The lowest BCUT2D eigenvalue weighted by atomic mass is 9.97. The molecular formula is C12H20O3. The molecule has 2 saturated carbocycles. The van der Waals surface area contributed by atoms with Gasteiger partial charge in [0.1, 0.15) is 5.60 Å². The largest absolute Gasteiger partial charge is 0.460 e. The monoisotopic (exact) mass is 212 g/mol. The molecule has 0 amide bonds. The van der Waals surface area contributed by atoms with Crippen LogP contribution >= 0.6 is 0 Å². The third-order valence-corrected chi connectivity index (χ3v) is 3.52. The first-order chi connectivity index (χ1) is 6.81. The van der Waals surface area contributed by atoms with Crippen molar-refractivity contribution in [2.75, 3.05) is 0 Å². The molecule has 2 aliphatic rings. The van der Waals surface area contributed by atoms with Crippen molar-refractivity contribution in [3.63, 3.8) is 0 Å². The molecule has 0 aliphatic heterocycles. The third-order valence-electron chi connectivity index (χ3n) is 3.52. The molecule has 0 radical (unpaired) electrons. The molecule has 3 heteroatoms. The van der Waals surface area contributed by atoms with E-state index in [1.807, 2.05) is 20.8 Å². The summed E-state index contributed by atoms with van der Waals surface area (Å²) in [6.45, 7) is 5.61. The summed E-state index contributed by atoms with van der Waals surface area (Å²) < 4.78 is 5.26. The molecule has 3 atom stereocenters. The number of hydrogen-bond donors (Lipinski definition) is 1. The van der Waals surface area contributed by atoms with Crippen LogP contribution < -0.4 is 0 Å². The fraction of sp³-hybridized carbons (Fsp3) is 0.917. The van der Waals surface area contributed by atoms with Crippen molar-refractivity contribution in [3.05, 3.63) is 0 Å². The van der Waals surface area contributed by atoms with Crippen LogP contribution in [0.3, 0.4) is 0 Å². The fourth-order valence-electron chi connectivity index (χ4n) is 2.70. The van der Waals surface area contributed by atoms with Crippen molar-refractivity contribution in [2.24, 2.45) is 11.8 Å². The fourth-order valence-corrected chi connectivity index (χ4v) is 2.70. The number of carbonyl (C=O) groups is 1. The minimum absolute atomic E-state index is 0.136. The topological polar surface area (TPSA) is 46.5 Å². The van der Waals surface area contributed by atoms with E-state index < -0.39 is 11.2 Å². The van der Waals surface area contributed by atoms with Gasteiger partial charge in [0.05, 0.1) is 12.0 Å². The van der Waals surface area contributed by atoms with Crippen LogP contribution in [0.4, 0.5) is 0 Å². The Hall–Kier alpha value is -0.570. The quantitative estimate of drug-likeness (QED) is 0.711. The van der Waals surface area contributed by atoms with Gasteiger partial charge in [-0.05, 0) is 51.9 Å². The normalized spacial score (nSPS) is 38.7. The number of esters is 1. The van der Waals surface area contributed by atoms with Gasteiger partial charge >= 0.3 is 5.97 Å². The Morgan fingerprint density at radius 2 is 2.13 bits per heavy atom. The second-order valence-electron chi connectivity index (χ2n) is 5.96. The maximum absolute atomic E-state index is 11.6. The van der Waals surface area contributed by atoms with Crippen molar-refractivity contribution in [2.45, 2.75) is 57.7 Å². The van der Waals surface area contributed by atoms with Crippen molar-refractivity contribution in [3.8, 4) is 0 Å². The zero-order chi connectivity index (χ0) is 11.3. The van der Waals surface area contributed by atoms with Crippen molar-refractivity contribution < 1.29 is 14.6 Å². The first-order valence-electron chi connectivity index (χ1n) is 5.75. The molecule has 0 spiro atoms. The van der Waals surface area contributed by atoms with Crippen LogP contribution in [0.15, 0.2) is 0 Å². The summed E-state index contributed by atoms with van der Waals surface area (Å²) in [5.41, 5.74) is -0.932. The van der Waals surface area contributed by atoms with E-state index in [-0.39, 0.29) is 11.9 Å². The van der Waals surface area contributed by atoms with Gasteiger partial charge in [-0.15, -0.1) is 0 Å². The van der Waals surface area contributed by atoms with Gasteiger partial charge in [-0.3, -0.25) is 4.79 Å². The van der Waals surface area contributed by atoms with E-state index in [0.717, 1.165) is 19.3 Å². The van der Waals surface area contributed by atoms with Gasteiger partial charge in [0.2, 0.25) is 0 Å². The molecule has 0 aromatic carbocycles. The molecule has 0 saturated heterocycles. The number of carbonyl (C=O) groups excluding carboxylic acids is 1. The predicted octanol–water partition coefficient (Wildman–Crippen LogP) is 1.88. The molecule has 2 aliphatic carbocycles.